The van der Waals surface area contributed by atoms with Gasteiger partial charge in [0.2, 0.25) is 0 Å². The van der Waals surface area contributed by atoms with Crippen LogP contribution in [0.15, 0.2) is 34.1 Å². The molecule has 2 aromatic rings. The summed E-state index contributed by atoms with van der Waals surface area (Å²) in [6.45, 7) is 2.03. The number of fused-ring (bicyclic) bond motifs is 2. The quantitative estimate of drug-likeness (QED) is 0.774. The highest BCUT2D eigenvalue weighted by Gasteiger charge is 2.46. The average Bonchev–Trinajstić information content (AvgIpc) is 2.98. The molecule has 1 aromatic heterocycles. The Kier molecular flexibility index (Phi) is 4.52. The van der Waals surface area contributed by atoms with E-state index in [-0.39, 0.29) is 5.92 Å². The Hall–Kier alpha value is -1.14. The second-order valence-corrected chi connectivity index (χ2v) is 9.37. The Morgan fingerprint density at radius 1 is 1.24 bits per heavy atom. The van der Waals surface area contributed by atoms with Crippen molar-refractivity contribution >= 4 is 39.1 Å². The lowest BCUT2D eigenvalue weighted by atomic mass is 9.71. The number of piperidine rings is 1. The van der Waals surface area contributed by atoms with Crippen molar-refractivity contribution in [2.24, 2.45) is 5.92 Å². The zero-order valence-electron chi connectivity index (χ0n) is 14.5. The number of nitrogens with zero attached hydrogens (tertiary/aromatic N) is 1. The monoisotopic (exact) mass is 419 g/mol. The number of aliphatic hydroxyl groups is 1. The summed E-state index contributed by atoms with van der Waals surface area (Å²) in [5.74, 6) is 1.01. The van der Waals surface area contributed by atoms with Crippen LogP contribution >= 0.6 is 27.3 Å². The van der Waals surface area contributed by atoms with Gasteiger partial charge in [-0.05, 0) is 78.1 Å². The SMILES string of the molecule is COC1=Cc2ccccc2C(O)(C2CCN(C)CC2)c2cc(Br)sc21. The van der Waals surface area contributed by atoms with E-state index in [4.69, 9.17) is 4.74 Å². The minimum Gasteiger partial charge on any atom is -0.495 e. The number of hydrogen-bond donors (Lipinski definition) is 1. The second-order valence-electron chi connectivity index (χ2n) is 6.94. The molecule has 132 valence electrons. The van der Waals surface area contributed by atoms with Crippen molar-refractivity contribution in [3.05, 3.63) is 55.7 Å². The van der Waals surface area contributed by atoms with Crippen LogP contribution in [-0.4, -0.2) is 37.3 Å². The van der Waals surface area contributed by atoms with Gasteiger partial charge in [0, 0.05) is 5.56 Å². The zero-order valence-corrected chi connectivity index (χ0v) is 16.9. The summed E-state index contributed by atoms with van der Waals surface area (Å²) in [6.07, 6.45) is 4.02. The molecule has 1 aromatic carbocycles. The Bertz CT molecular complexity index is 823. The second kappa shape index (κ2) is 6.54. The van der Waals surface area contributed by atoms with E-state index in [1.54, 1.807) is 18.4 Å². The van der Waals surface area contributed by atoms with Crippen LogP contribution in [0.3, 0.4) is 0 Å². The van der Waals surface area contributed by atoms with Gasteiger partial charge in [0.25, 0.3) is 0 Å². The van der Waals surface area contributed by atoms with Crippen LogP contribution in [0.4, 0.5) is 0 Å². The largest absolute Gasteiger partial charge is 0.495 e. The third-order valence-corrected chi connectivity index (χ3v) is 7.18. The van der Waals surface area contributed by atoms with Gasteiger partial charge in [-0.3, -0.25) is 0 Å². The Morgan fingerprint density at radius 2 is 1.96 bits per heavy atom. The topological polar surface area (TPSA) is 32.7 Å². The van der Waals surface area contributed by atoms with Crippen molar-refractivity contribution in [2.75, 3.05) is 27.2 Å². The predicted octanol–water partition coefficient (Wildman–Crippen LogP) is 4.55. The van der Waals surface area contributed by atoms with Gasteiger partial charge in [0.1, 0.15) is 11.4 Å². The zero-order chi connectivity index (χ0) is 17.6. The fraction of sp³-hybridized carbons (Fsp3) is 0.400. The summed E-state index contributed by atoms with van der Waals surface area (Å²) in [6, 6.07) is 10.3. The first-order valence-electron chi connectivity index (χ1n) is 8.60. The maximum absolute atomic E-state index is 12.2. The van der Waals surface area contributed by atoms with Crippen LogP contribution in [0.25, 0.3) is 11.8 Å². The van der Waals surface area contributed by atoms with Gasteiger partial charge in [-0.25, -0.2) is 0 Å². The lowest BCUT2D eigenvalue weighted by Crippen LogP contribution is -2.43. The van der Waals surface area contributed by atoms with E-state index >= 15 is 0 Å². The first-order chi connectivity index (χ1) is 12.0. The van der Waals surface area contributed by atoms with Crippen LogP contribution in [0.2, 0.25) is 0 Å². The van der Waals surface area contributed by atoms with Gasteiger partial charge in [-0.1, -0.05) is 24.3 Å². The van der Waals surface area contributed by atoms with E-state index in [1.165, 1.54) is 0 Å². The molecule has 0 radical (unpaired) electrons. The summed E-state index contributed by atoms with van der Waals surface area (Å²) in [5.41, 5.74) is 2.01. The molecule has 1 aliphatic carbocycles. The highest BCUT2D eigenvalue weighted by atomic mass is 79.9. The molecule has 0 bridgehead atoms. The van der Waals surface area contributed by atoms with Crippen LogP contribution < -0.4 is 0 Å². The lowest BCUT2D eigenvalue weighted by molar-refractivity contribution is -0.0108. The number of benzene rings is 1. The molecule has 1 unspecified atom stereocenters. The molecule has 2 aliphatic rings. The van der Waals surface area contributed by atoms with Crippen LogP contribution in [0, 0.1) is 5.92 Å². The molecule has 0 amide bonds. The Balaban J connectivity index is 1.95. The number of hydrogen-bond acceptors (Lipinski definition) is 4. The van der Waals surface area contributed by atoms with Crippen molar-refractivity contribution in [3.8, 4) is 0 Å². The molecule has 2 heterocycles. The molecule has 0 spiro atoms. The van der Waals surface area contributed by atoms with Gasteiger partial charge in [-0.15, -0.1) is 11.3 Å². The van der Waals surface area contributed by atoms with E-state index in [0.717, 1.165) is 57.0 Å². The molecule has 4 rings (SSSR count). The summed E-state index contributed by atoms with van der Waals surface area (Å²) >= 11 is 5.24. The lowest BCUT2D eigenvalue weighted by Gasteiger charge is -2.41. The minimum atomic E-state index is -0.994. The maximum atomic E-state index is 12.2. The van der Waals surface area contributed by atoms with Gasteiger partial charge in [0.15, 0.2) is 0 Å². The van der Waals surface area contributed by atoms with E-state index in [2.05, 4.69) is 52.2 Å². The van der Waals surface area contributed by atoms with E-state index in [9.17, 15) is 5.11 Å². The molecule has 1 aliphatic heterocycles. The Morgan fingerprint density at radius 3 is 2.68 bits per heavy atom. The van der Waals surface area contributed by atoms with Gasteiger partial charge in [0.05, 0.1) is 15.8 Å². The molecule has 5 heteroatoms. The highest BCUT2D eigenvalue weighted by Crippen LogP contribution is 2.51. The number of methoxy groups -OCH3 is 1. The van der Waals surface area contributed by atoms with Crippen molar-refractivity contribution < 1.29 is 9.84 Å². The number of ether oxygens (including phenoxy) is 1. The first kappa shape index (κ1) is 17.3. The number of halogens is 1. The van der Waals surface area contributed by atoms with Crippen molar-refractivity contribution in [1.82, 2.24) is 4.90 Å². The summed E-state index contributed by atoms with van der Waals surface area (Å²) < 4.78 is 6.72. The smallest absolute Gasteiger partial charge is 0.137 e. The van der Waals surface area contributed by atoms with E-state index < -0.39 is 5.60 Å². The maximum Gasteiger partial charge on any atom is 0.137 e. The molecule has 3 nitrogen and oxygen atoms in total. The predicted molar refractivity (Wildman–Crippen MR) is 107 cm³/mol. The summed E-state index contributed by atoms with van der Waals surface area (Å²) in [7, 11) is 3.85. The molecule has 25 heavy (non-hydrogen) atoms. The van der Waals surface area contributed by atoms with Gasteiger partial charge < -0.3 is 14.7 Å². The van der Waals surface area contributed by atoms with E-state index in [0.29, 0.717) is 0 Å². The molecule has 1 fully saturated rings. The number of likely N-dealkylation sites (tertiary alicyclic amines) is 1. The fourth-order valence-electron chi connectivity index (χ4n) is 4.17. The normalized spacial score (nSPS) is 24.2. The van der Waals surface area contributed by atoms with E-state index in [1.807, 2.05) is 12.1 Å². The molecular formula is C20H22BrNO2S. The standard InChI is InChI=1S/C20H22BrNO2S/c1-22-9-7-14(8-10-22)20(23)15-6-4-3-5-13(15)11-17(24-2)19-16(20)12-18(21)25-19/h3-6,11-12,14,23H,7-10H2,1-2H3. The number of thiophene rings is 1. The van der Waals surface area contributed by atoms with Crippen molar-refractivity contribution in [1.29, 1.82) is 0 Å². The summed E-state index contributed by atoms with van der Waals surface area (Å²) in [4.78, 5) is 3.36. The molecular weight excluding hydrogens is 398 g/mol. The number of rotatable bonds is 2. The molecule has 1 saturated heterocycles. The third kappa shape index (κ3) is 2.78. The van der Waals surface area contributed by atoms with Gasteiger partial charge >= 0.3 is 0 Å². The molecule has 0 saturated carbocycles. The van der Waals surface area contributed by atoms with Crippen molar-refractivity contribution in [2.45, 2.75) is 18.4 Å². The Labute approximate surface area is 161 Å². The third-order valence-electron chi connectivity index (χ3n) is 5.52. The minimum absolute atomic E-state index is 0.190. The first-order valence-corrected chi connectivity index (χ1v) is 10.2. The van der Waals surface area contributed by atoms with Crippen molar-refractivity contribution in [3.63, 3.8) is 0 Å². The summed E-state index contributed by atoms with van der Waals surface area (Å²) in [5, 5.41) is 12.2. The highest BCUT2D eigenvalue weighted by molar-refractivity contribution is 9.11. The molecule has 1 N–H and O–H groups in total. The van der Waals surface area contributed by atoms with Crippen LogP contribution in [0.5, 0.6) is 0 Å². The van der Waals surface area contributed by atoms with Crippen LogP contribution in [-0.2, 0) is 10.3 Å². The fourth-order valence-corrected chi connectivity index (χ4v) is 5.82. The molecule has 1 atom stereocenters. The average molecular weight is 420 g/mol. The van der Waals surface area contributed by atoms with Gasteiger partial charge in [-0.2, -0.15) is 0 Å². The van der Waals surface area contributed by atoms with Crippen LogP contribution in [0.1, 0.15) is 34.4 Å².